The van der Waals surface area contributed by atoms with E-state index in [1.807, 2.05) is 30.3 Å². The summed E-state index contributed by atoms with van der Waals surface area (Å²) >= 11 is 0. The minimum Gasteiger partial charge on any atom is -0.214 e. The summed E-state index contributed by atoms with van der Waals surface area (Å²) in [7, 11) is 0. The third-order valence-electron chi connectivity index (χ3n) is 0.556. The Hall–Kier alpha value is 0.0383. The molecule has 0 aliphatic carbocycles. The van der Waals surface area contributed by atoms with Gasteiger partial charge in [-0.1, -0.05) is 20.8 Å². The van der Waals surface area contributed by atoms with Crippen LogP contribution >= 0.6 is 0 Å². The second-order valence-corrected chi connectivity index (χ2v) is 2.69. The Kier molecular flexibility index (Phi) is 11.5. The molecule has 0 spiro atoms. The van der Waals surface area contributed by atoms with Gasteiger partial charge < -0.3 is 0 Å². The van der Waals surface area contributed by atoms with Gasteiger partial charge in [-0.3, -0.25) is 0 Å². The summed E-state index contributed by atoms with van der Waals surface area (Å²) in [6.07, 6.45) is 0. The quantitative estimate of drug-likeness (QED) is 0.645. The maximum absolute atomic E-state index is 2.17. The first kappa shape index (κ1) is 12.7. The summed E-state index contributed by atoms with van der Waals surface area (Å²) in [5.41, 5.74) is 0. The van der Waals surface area contributed by atoms with Crippen LogP contribution in [0.3, 0.4) is 0 Å². The van der Waals surface area contributed by atoms with Crippen molar-refractivity contribution in [3.05, 3.63) is 30.3 Å². The second kappa shape index (κ2) is 9.04. The van der Waals surface area contributed by atoms with Gasteiger partial charge in [0.25, 0.3) is 0 Å². The molecule has 0 aliphatic rings. The first-order chi connectivity index (χ1) is 4.23. The Morgan fingerprint density at radius 2 is 1.30 bits per heavy atom. The van der Waals surface area contributed by atoms with E-state index in [9.17, 15) is 0 Å². The average Bonchev–Trinajstić information content (AvgIpc) is 2.11. The van der Waals surface area contributed by atoms with E-state index in [4.69, 9.17) is 0 Å². The molecular formula is C9H15Pt-. The zero-order valence-corrected chi connectivity index (χ0v) is 9.05. The zero-order valence-electron chi connectivity index (χ0n) is 6.78. The van der Waals surface area contributed by atoms with Crippen molar-refractivity contribution in [1.82, 2.24) is 0 Å². The molecule has 0 aliphatic heterocycles. The van der Waals surface area contributed by atoms with Gasteiger partial charge in [0, 0.05) is 21.1 Å². The van der Waals surface area contributed by atoms with Gasteiger partial charge in [0.2, 0.25) is 0 Å². The normalized spacial score (nSPS) is 7.60. The van der Waals surface area contributed by atoms with E-state index >= 15 is 0 Å². The standard InChI is InChI=1S/C5H5.C4H10.Pt/c1-2-4-5-3-1;1-4(2)3;/h1-5H;4H,1-3H3;/q-1;;. The molecule has 0 amide bonds. The molecule has 62 valence electrons. The van der Waals surface area contributed by atoms with Gasteiger partial charge in [-0.25, -0.2) is 12.1 Å². The SMILES string of the molecule is CC(C)C.[Pt].c1cc[cH-]c1. The molecule has 0 bridgehead atoms. The summed E-state index contributed by atoms with van der Waals surface area (Å²) < 4.78 is 0. The van der Waals surface area contributed by atoms with Crippen LogP contribution in [0.2, 0.25) is 0 Å². The van der Waals surface area contributed by atoms with Crippen LogP contribution in [0.5, 0.6) is 0 Å². The van der Waals surface area contributed by atoms with Gasteiger partial charge in [-0.05, 0) is 5.92 Å². The van der Waals surface area contributed by atoms with Gasteiger partial charge >= 0.3 is 0 Å². The fourth-order valence-corrected chi connectivity index (χ4v) is 0.321. The maximum Gasteiger partial charge on any atom is 0 e. The fourth-order valence-electron chi connectivity index (χ4n) is 0.321. The Bertz CT molecular complexity index is 88.3. The molecule has 1 aromatic rings. The van der Waals surface area contributed by atoms with Gasteiger partial charge in [-0.15, -0.1) is 0 Å². The predicted octanol–water partition coefficient (Wildman–Crippen LogP) is 3.07. The molecule has 0 radical (unpaired) electrons. The molecule has 10 heavy (non-hydrogen) atoms. The third-order valence-corrected chi connectivity index (χ3v) is 0.556. The van der Waals surface area contributed by atoms with E-state index in [1.54, 1.807) is 0 Å². The van der Waals surface area contributed by atoms with E-state index in [2.05, 4.69) is 20.8 Å². The van der Waals surface area contributed by atoms with Gasteiger partial charge in [0.15, 0.2) is 0 Å². The average molecular weight is 318 g/mol. The molecule has 0 unspecified atom stereocenters. The van der Waals surface area contributed by atoms with Crippen LogP contribution in [0, 0.1) is 5.92 Å². The number of hydrogen-bond donors (Lipinski definition) is 0. The predicted molar refractivity (Wildman–Crippen MR) is 42.5 cm³/mol. The third kappa shape index (κ3) is 15.7. The monoisotopic (exact) mass is 318 g/mol. The van der Waals surface area contributed by atoms with E-state index in [-0.39, 0.29) is 21.1 Å². The minimum absolute atomic E-state index is 0. The number of rotatable bonds is 0. The molecule has 0 atom stereocenters. The van der Waals surface area contributed by atoms with Crippen molar-refractivity contribution in [1.29, 1.82) is 0 Å². The van der Waals surface area contributed by atoms with E-state index in [1.165, 1.54) is 0 Å². The zero-order chi connectivity index (χ0) is 7.11. The molecule has 0 aromatic heterocycles. The number of hydrogen-bond acceptors (Lipinski definition) is 0. The molecule has 0 saturated heterocycles. The summed E-state index contributed by atoms with van der Waals surface area (Å²) in [6.45, 7) is 6.50. The van der Waals surface area contributed by atoms with Crippen molar-refractivity contribution in [3.63, 3.8) is 0 Å². The van der Waals surface area contributed by atoms with Crippen molar-refractivity contribution in [2.45, 2.75) is 20.8 Å². The molecule has 0 fully saturated rings. The second-order valence-electron chi connectivity index (χ2n) is 2.69. The minimum atomic E-state index is 0. The molecule has 1 rings (SSSR count). The van der Waals surface area contributed by atoms with Crippen LogP contribution in [0.1, 0.15) is 20.8 Å². The van der Waals surface area contributed by atoms with Crippen molar-refractivity contribution in [2.24, 2.45) is 5.92 Å². The van der Waals surface area contributed by atoms with E-state index < -0.39 is 0 Å². The molecule has 1 aromatic carbocycles. The van der Waals surface area contributed by atoms with Crippen LogP contribution in [0.4, 0.5) is 0 Å². The van der Waals surface area contributed by atoms with Crippen molar-refractivity contribution >= 4 is 0 Å². The topological polar surface area (TPSA) is 0 Å². The first-order valence-electron chi connectivity index (χ1n) is 3.40. The maximum atomic E-state index is 2.17. The fraction of sp³-hybridized carbons (Fsp3) is 0.444. The Morgan fingerprint density at radius 1 is 1.00 bits per heavy atom. The Labute approximate surface area is 78.3 Å². The first-order valence-corrected chi connectivity index (χ1v) is 3.40. The van der Waals surface area contributed by atoms with E-state index in [0.717, 1.165) is 5.92 Å². The smallest absolute Gasteiger partial charge is 0 e. The van der Waals surface area contributed by atoms with Crippen molar-refractivity contribution < 1.29 is 21.1 Å². The van der Waals surface area contributed by atoms with Gasteiger partial charge in [0.1, 0.15) is 0 Å². The molecule has 0 N–H and O–H groups in total. The van der Waals surface area contributed by atoms with Crippen LogP contribution in [-0.4, -0.2) is 0 Å². The molecule has 0 saturated carbocycles. The van der Waals surface area contributed by atoms with Crippen molar-refractivity contribution in [2.75, 3.05) is 0 Å². The summed E-state index contributed by atoms with van der Waals surface area (Å²) in [4.78, 5) is 0. The van der Waals surface area contributed by atoms with Crippen LogP contribution in [0.25, 0.3) is 0 Å². The van der Waals surface area contributed by atoms with Crippen LogP contribution < -0.4 is 0 Å². The Morgan fingerprint density at radius 3 is 1.40 bits per heavy atom. The van der Waals surface area contributed by atoms with Crippen LogP contribution in [-0.2, 0) is 21.1 Å². The van der Waals surface area contributed by atoms with Gasteiger partial charge in [0.05, 0.1) is 0 Å². The molecule has 0 heterocycles. The molecule has 0 nitrogen and oxygen atoms in total. The largest absolute Gasteiger partial charge is 0.214 e. The Balaban J connectivity index is 0. The summed E-state index contributed by atoms with van der Waals surface area (Å²) in [5.74, 6) is 0.833. The van der Waals surface area contributed by atoms with Crippen LogP contribution in [0.15, 0.2) is 30.3 Å². The molecule has 1 heteroatoms. The van der Waals surface area contributed by atoms with E-state index in [0.29, 0.717) is 0 Å². The summed E-state index contributed by atoms with van der Waals surface area (Å²) in [6, 6.07) is 10.0. The van der Waals surface area contributed by atoms with Gasteiger partial charge in [-0.2, -0.15) is 18.2 Å². The molecular weight excluding hydrogens is 303 g/mol. The van der Waals surface area contributed by atoms with Crippen molar-refractivity contribution in [3.8, 4) is 0 Å². The summed E-state index contributed by atoms with van der Waals surface area (Å²) in [5, 5.41) is 0.